The van der Waals surface area contributed by atoms with E-state index in [1.165, 1.54) is 0 Å². The Morgan fingerprint density at radius 2 is 2.00 bits per heavy atom. The molecule has 0 bridgehead atoms. The fourth-order valence-electron chi connectivity index (χ4n) is 1.98. The minimum atomic E-state index is -4.54. The fraction of sp³-hybridized carbons (Fsp3) is 0.571. The van der Waals surface area contributed by atoms with E-state index in [1.807, 2.05) is 6.92 Å². The summed E-state index contributed by atoms with van der Waals surface area (Å²) in [6.45, 7) is 3.49. The van der Waals surface area contributed by atoms with Gasteiger partial charge in [0, 0.05) is 29.9 Å². The van der Waals surface area contributed by atoms with Gasteiger partial charge in [-0.3, -0.25) is 9.78 Å². The molecule has 1 aromatic rings. The van der Waals surface area contributed by atoms with Crippen LogP contribution >= 0.6 is 0 Å². The normalized spacial score (nSPS) is 14.9. The van der Waals surface area contributed by atoms with Crippen molar-refractivity contribution in [3.8, 4) is 0 Å². The molecule has 6 heteroatoms. The third kappa shape index (κ3) is 4.59. The zero-order chi connectivity index (χ0) is 15.3. The highest BCUT2D eigenvalue weighted by molar-refractivity contribution is 5.98. The van der Waals surface area contributed by atoms with Gasteiger partial charge in [0.25, 0.3) is 0 Å². The first-order valence-corrected chi connectivity index (χ1v) is 6.54. The Balaban J connectivity index is 2.82. The zero-order valence-corrected chi connectivity index (χ0v) is 11.6. The lowest BCUT2D eigenvalue weighted by molar-refractivity contribution is -0.138. The third-order valence-corrected chi connectivity index (χ3v) is 3.14. The van der Waals surface area contributed by atoms with Crippen molar-refractivity contribution >= 4 is 5.78 Å². The summed E-state index contributed by atoms with van der Waals surface area (Å²) in [5.41, 5.74) is 4.33. The number of ketones is 1. The summed E-state index contributed by atoms with van der Waals surface area (Å²) in [5.74, 6) is -0.992. The van der Waals surface area contributed by atoms with Crippen molar-refractivity contribution in [1.29, 1.82) is 0 Å². The summed E-state index contributed by atoms with van der Waals surface area (Å²) >= 11 is 0. The average molecular weight is 288 g/mol. The van der Waals surface area contributed by atoms with E-state index in [-0.39, 0.29) is 11.6 Å². The van der Waals surface area contributed by atoms with Gasteiger partial charge in [-0.25, -0.2) is 0 Å². The van der Waals surface area contributed by atoms with Crippen molar-refractivity contribution in [2.45, 2.75) is 45.3 Å². The van der Waals surface area contributed by atoms with Crippen LogP contribution in [0.5, 0.6) is 0 Å². The average Bonchev–Trinajstić information content (AvgIpc) is 2.36. The van der Waals surface area contributed by atoms with Crippen molar-refractivity contribution in [2.75, 3.05) is 0 Å². The first-order chi connectivity index (χ1) is 9.23. The molecule has 20 heavy (non-hydrogen) atoms. The molecule has 2 N–H and O–H groups in total. The first kappa shape index (κ1) is 16.6. The molecule has 0 saturated heterocycles. The number of alkyl halides is 3. The molecule has 0 fully saturated rings. The minimum absolute atomic E-state index is 0.0291. The van der Waals surface area contributed by atoms with Crippen LogP contribution in [0.3, 0.4) is 0 Å². The molecule has 0 aliphatic rings. The molecule has 0 amide bonds. The first-order valence-electron chi connectivity index (χ1n) is 6.54. The molecule has 2 unspecified atom stereocenters. The van der Waals surface area contributed by atoms with Gasteiger partial charge in [-0.15, -0.1) is 0 Å². The van der Waals surface area contributed by atoms with Crippen LogP contribution in [-0.4, -0.2) is 16.8 Å². The molecular weight excluding hydrogens is 269 g/mol. The maximum atomic E-state index is 12.8. The molecule has 0 radical (unpaired) electrons. The van der Waals surface area contributed by atoms with E-state index in [0.717, 1.165) is 24.9 Å². The summed E-state index contributed by atoms with van der Waals surface area (Å²) < 4.78 is 38.5. The van der Waals surface area contributed by atoms with Crippen LogP contribution in [0.4, 0.5) is 13.2 Å². The van der Waals surface area contributed by atoms with Crippen LogP contribution in [0.15, 0.2) is 18.5 Å². The molecule has 112 valence electrons. The van der Waals surface area contributed by atoms with E-state index in [1.54, 1.807) is 6.92 Å². The van der Waals surface area contributed by atoms with Gasteiger partial charge in [-0.1, -0.05) is 13.3 Å². The molecule has 2 atom stereocenters. The van der Waals surface area contributed by atoms with Crippen LogP contribution in [0.1, 0.15) is 49.0 Å². The van der Waals surface area contributed by atoms with Gasteiger partial charge in [0.1, 0.15) is 0 Å². The lowest BCUT2D eigenvalue weighted by Gasteiger charge is -2.15. The number of rotatable bonds is 6. The minimum Gasteiger partial charge on any atom is -0.328 e. The molecule has 0 aliphatic carbocycles. The van der Waals surface area contributed by atoms with Crippen molar-refractivity contribution in [3.05, 3.63) is 29.6 Å². The van der Waals surface area contributed by atoms with E-state index >= 15 is 0 Å². The van der Waals surface area contributed by atoms with Crippen LogP contribution in [0, 0.1) is 5.92 Å². The Labute approximate surface area is 116 Å². The van der Waals surface area contributed by atoms with Gasteiger partial charge in [0.2, 0.25) is 0 Å². The van der Waals surface area contributed by atoms with Gasteiger partial charge in [-0.2, -0.15) is 13.2 Å². The topological polar surface area (TPSA) is 56.0 Å². The second-order valence-corrected chi connectivity index (χ2v) is 5.09. The summed E-state index contributed by atoms with van der Waals surface area (Å²) in [4.78, 5) is 15.7. The molecule has 0 aromatic carbocycles. The molecule has 0 spiro atoms. The lowest BCUT2D eigenvalue weighted by Crippen LogP contribution is -2.19. The van der Waals surface area contributed by atoms with E-state index in [9.17, 15) is 18.0 Å². The van der Waals surface area contributed by atoms with E-state index in [4.69, 9.17) is 5.73 Å². The maximum absolute atomic E-state index is 12.8. The predicted molar refractivity (Wildman–Crippen MR) is 70.2 cm³/mol. The second kappa shape index (κ2) is 6.83. The number of carbonyl (C=O) groups is 1. The molecule has 0 saturated carbocycles. The number of pyridine rings is 1. The zero-order valence-electron chi connectivity index (χ0n) is 11.6. The number of aromatic nitrogens is 1. The van der Waals surface area contributed by atoms with Crippen molar-refractivity contribution in [1.82, 2.24) is 4.98 Å². The number of Topliss-reactive ketones (excluding diaryl/α,β-unsaturated/α-hetero) is 1. The standard InChI is InChI=1S/C14H19F3N2O/c1-9(4-3-5-10(2)18)13(20)11-8-19-7-6-12(11)14(15,16)17/h6-10H,3-5,18H2,1-2H3. The van der Waals surface area contributed by atoms with Gasteiger partial charge >= 0.3 is 6.18 Å². The Hall–Kier alpha value is -1.43. The fourth-order valence-corrected chi connectivity index (χ4v) is 1.98. The molecule has 0 aliphatic heterocycles. The molecule has 1 aromatic heterocycles. The highest BCUT2D eigenvalue weighted by atomic mass is 19.4. The largest absolute Gasteiger partial charge is 0.417 e. The maximum Gasteiger partial charge on any atom is 0.417 e. The lowest BCUT2D eigenvalue weighted by atomic mass is 9.92. The van der Waals surface area contributed by atoms with Crippen molar-refractivity contribution < 1.29 is 18.0 Å². The summed E-state index contributed by atoms with van der Waals surface area (Å²) in [5, 5.41) is 0. The number of hydrogen-bond acceptors (Lipinski definition) is 3. The van der Waals surface area contributed by atoms with Crippen LogP contribution in [0.25, 0.3) is 0 Å². The van der Waals surface area contributed by atoms with Gasteiger partial charge < -0.3 is 5.73 Å². The second-order valence-electron chi connectivity index (χ2n) is 5.09. The highest BCUT2D eigenvalue weighted by Crippen LogP contribution is 2.32. The summed E-state index contributed by atoms with van der Waals surface area (Å²) in [7, 11) is 0. The Bertz CT molecular complexity index is 458. The number of carbonyl (C=O) groups excluding carboxylic acids is 1. The Morgan fingerprint density at radius 1 is 1.35 bits per heavy atom. The van der Waals surface area contributed by atoms with E-state index < -0.39 is 23.4 Å². The van der Waals surface area contributed by atoms with Gasteiger partial charge in [0.15, 0.2) is 5.78 Å². The smallest absolute Gasteiger partial charge is 0.328 e. The Morgan fingerprint density at radius 3 is 2.55 bits per heavy atom. The third-order valence-electron chi connectivity index (χ3n) is 3.14. The highest BCUT2D eigenvalue weighted by Gasteiger charge is 2.35. The molecule has 1 heterocycles. The van der Waals surface area contributed by atoms with Gasteiger partial charge in [0.05, 0.1) is 5.56 Å². The number of nitrogens with zero attached hydrogens (tertiary/aromatic N) is 1. The van der Waals surface area contributed by atoms with Crippen molar-refractivity contribution in [3.63, 3.8) is 0 Å². The summed E-state index contributed by atoms with van der Waals surface area (Å²) in [6, 6.07) is 0.864. The molecule has 3 nitrogen and oxygen atoms in total. The van der Waals surface area contributed by atoms with Crippen molar-refractivity contribution in [2.24, 2.45) is 11.7 Å². The van der Waals surface area contributed by atoms with Crippen LogP contribution in [-0.2, 0) is 6.18 Å². The SMILES string of the molecule is CC(N)CCCC(C)C(=O)c1cnccc1C(F)(F)F. The Kier molecular flexibility index (Phi) is 5.68. The van der Waals surface area contributed by atoms with Crippen LogP contribution in [0.2, 0.25) is 0 Å². The molecule has 1 rings (SSSR count). The predicted octanol–water partition coefficient (Wildman–Crippen LogP) is 3.44. The summed E-state index contributed by atoms with van der Waals surface area (Å²) in [6.07, 6.45) is -0.525. The number of hydrogen-bond donors (Lipinski definition) is 1. The number of halogens is 3. The quantitative estimate of drug-likeness (QED) is 0.816. The van der Waals surface area contributed by atoms with Crippen LogP contribution < -0.4 is 5.73 Å². The molecular formula is C14H19F3N2O. The monoisotopic (exact) mass is 288 g/mol. The van der Waals surface area contributed by atoms with E-state index in [0.29, 0.717) is 12.8 Å². The number of nitrogens with two attached hydrogens (primary N) is 1. The van der Waals surface area contributed by atoms with E-state index in [2.05, 4.69) is 4.98 Å². The van der Waals surface area contributed by atoms with Gasteiger partial charge in [-0.05, 0) is 25.8 Å².